The van der Waals surface area contributed by atoms with Crippen LogP contribution in [-0.4, -0.2) is 35.7 Å². The molecule has 0 radical (unpaired) electrons. The van der Waals surface area contributed by atoms with Gasteiger partial charge in [0.25, 0.3) is 5.56 Å². The van der Waals surface area contributed by atoms with Gasteiger partial charge in [-0.25, -0.2) is 4.98 Å². The third-order valence-corrected chi connectivity index (χ3v) is 4.25. The zero-order valence-corrected chi connectivity index (χ0v) is 12.7. The summed E-state index contributed by atoms with van der Waals surface area (Å²) in [4.78, 5) is 31.1. The van der Waals surface area contributed by atoms with Crippen LogP contribution in [0.2, 0.25) is 0 Å². The maximum atomic E-state index is 12.3. The molecule has 1 aromatic heterocycles. The summed E-state index contributed by atoms with van der Waals surface area (Å²) in [6, 6.07) is 3.14. The maximum absolute atomic E-state index is 12.3. The van der Waals surface area contributed by atoms with Crippen molar-refractivity contribution in [2.45, 2.75) is 0 Å². The van der Waals surface area contributed by atoms with Gasteiger partial charge in [0.2, 0.25) is 0 Å². The van der Waals surface area contributed by atoms with Gasteiger partial charge in [-0.3, -0.25) is 9.59 Å². The lowest BCUT2D eigenvalue weighted by Gasteiger charge is -2.09. The Balaban J connectivity index is 2.27. The molecule has 0 atom stereocenters. The zero-order chi connectivity index (χ0) is 15.9. The number of aromatic nitrogens is 2. The summed E-state index contributed by atoms with van der Waals surface area (Å²) in [6.45, 7) is 0. The van der Waals surface area contributed by atoms with Crippen molar-refractivity contribution in [2.24, 2.45) is 5.73 Å². The number of nitrogens with zero attached hydrogens (tertiary/aromatic N) is 1. The van der Waals surface area contributed by atoms with Crippen molar-refractivity contribution in [3.8, 4) is 11.5 Å². The van der Waals surface area contributed by atoms with E-state index in [1.165, 1.54) is 26.0 Å². The molecule has 0 aliphatic carbocycles. The lowest BCUT2D eigenvalue weighted by Crippen LogP contribution is -2.15. The number of nitrogens with one attached hydrogen (secondary N) is 1. The predicted molar refractivity (Wildman–Crippen MR) is 84.0 cm³/mol. The number of nitrogens with two attached hydrogens (primary N) is 1. The summed E-state index contributed by atoms with van der Waals surface area (Å²) in [5, 5.41) is 0.714. The molecular formula is C14H13N3O4S. The Labute approximate surface area is 129 Å². The molecule has 0 amide bonds. The van der Waals surface area contributed by atoms with Gasteiger partial charge in [0.1, 0.15) is 5.82 Å². The van der Waals surface area contributed by atoms with Crippen LogP contribution in [0.3, 0.4) is 0 Å². The molecule has 22 heavy (non-hydrogen) atoms. The number of ketones is 1. The van der Waals surface area contributed by atoms with Gasteiger partial charge in [-0.1, -0.05) is 11.8 Å². The lowest BCUT2D eigenvalue weighted by atomic mass is 10.1. The van der Waals surface area contributed by atoms with Gasteiger partial charge in [-0.05, 0) is 6.07 Å². The topological polar surface area (TPSA) is 107 Å². The zero-order valence-electron chi connectivity index (χ0n) is 11.9. The molecule has 0 saturated heterocycles. The number of thioether (sulfide) groups is 1. The SMILES string of the molecule is COc1cc2nc(C3=C(N)SCC3=O)[nH]c(=O)c2cc1OC. The van der Waals surface area contributed by atoms with Gasteiger partial charge in [0.15, 0.2) is 17.3 Å². The number of carbonyl (C=O) groups is 1. The largest absolute Gasteiger partial charge is 0.493 e. The second-order valence-electron chi connectivity index (χ2n) is 4.59. The minimum absolute atomic E-state index is 0.148. The quantitative estimate of drug-likeness (QED) is 0.864. The summed E-state index contributed by atoms with van der Waals surface area (Å²) >= 11 is 1.23. The average Bonchev–Trinajstić information content (AvgIpc) is 2.84. The van der Waals surface area contributed by atoms with E-state index in [0.29, 0.717) is 27.4 Å². The monoisotopic (exact) mass is 319 g/mol. The molecule has 1 aliphatic heterocycles. The Morgan fingerprint density at radius 2 is 1.91 bits per heavy atom. The van der Waals surface area contributed by atoms with Crippen molar-refractivity contribution < 1.29 is 14.3 Å². The summed E-state index contributed by atoms with van der Waals surface area (Å²) in [7, 11) is 2.98. The fourth-order valence-electron chi connectivity index (χ4n) is 2.26. The van der Waals surface area contributed by atoms with Crippen LogP contribution in [0.4, 0.5) is 0 Å². The van der Waals surface area contributed by atoms with Crippen LogP contribution in [0.15, 0.2) is 22.0 Å². The summed E-state index contributed by atoms with van der Waals surface area (Å²) < 4.78 is 10.4. The molecule has 0 unspecified atom stereocenters. The van der Waals surface area contributed by atoms with Gasteiger partial charge in [-0.15, -0.1) is 0 Å². The van der Waals surface area contributed by atoms with E-state index in [1.807, 2.05) is 0 Å². The molecule has 8 heteroatoms. The number of rotatable bonds is 3. The molecule has 0 spiro atoms. The molecule has 0 bridgehead atoms. The van der Waals surface area contributed by atoms with Gasteiger partial charge in [-0.2, -0.15) is 0 Å². The van der Waals surface area contributed by atoms with Gasteiger partial charge < -0.3 is 20.2 Å². The molecule has 2 aromatic rings. The Kier molecular flexibility index (Phi) is 3.53. The van der Waals surface area contributed by atoms with E-state index in [-0.39, 0.29) is 28.5 Å². The first-order valence-corrected chi connectivity index (χ1v) is 7.36. The van der Waals surface area contributed by atoms with Crippen LogP contribution in [-0.2, 0) is 4.79 Å². The Morgan fingerprint density at radius 3 is 2.50 bits per heavy atom. The van der Waals surface area contributed by atoms with Crippen molar-refractivity contribution in [2.75, 3.05) is 20.0 Å². The number of H-pyrrole nitrogens is 1. The highest BCUT2D eigenvalue weighted by atomic mass is 32.2. The van der Waals surface area contributed by atoms with E-state index in [1.54, 1.807) is 12.1 Å². The molecule has 114 valence electrons. The van der Waals surface area contributed by atoms with Crippen molar-refractivity contribution >= 4 is 34.0 Å². The highest BCUT2D eigenvalue weighted by molar-refractivity contribution is 8.04. The molecule has 3 N–H and O–H groups in total. The number of aromatic amines is 1. The third-order valence-electron chi connectivity index (χ3n) is 3.33. The first-order valence-electron chi connectivity index (χ1n) is 6.37. The van der Waals surface area contributed by atoms with Crippen molar-refractivity contribution in [1.82, 2.24) is 9.97 Å². The highest BCUT2D eigenvalue weighted by Crippen LogP contribution is 2.32. The van der Waals surface area contributed by atoms with Gasteiger partial charge in [0, 0.05) is 6.07 Å². The molecule has 0 saturated carbocycles. The van der Waals surface area contributed by atoms with Gasteiger partial charge in [0.05, 0.1) is 41.5 Å². The highest BCUT2D eigenvalue weighted by Gasteiger charge is 2.26. The normalized spacial score (nSPS) is 14.7. The number of hydrogen-bond acceptors (Lipinski definition) is 7. The number of fused-ring (bicyclic) bond motifs is 1. The van der Waals surface area contributed by atoms with E-state index in [4.69, 9.17) is 15.2 Å². The Bertz CT molecular complexity index is 872. The van der Waals surface area contributed by atoms with Crippen molar-refractivity contribution in [1.29, 1.82) is 0 Å². The number of hydrogen-bond donors (Lipinski definition) is 2. The van der Waals surface area contributed by atoms with Crippen LogP contribution in [0.5, 0.6) is 11.5 Å². The van der Waals surface area contributed by atoms with E-state index in [9.17, 15) is 9.59 Å². The predicted octanol–water partition coefficient (Wildman–Crippen LogP) is 0.884. The fraction of sp³-hybridized carbons (Fsp3) is 0.214. The molecule has 0 fully saturated rings. The molecule has 1 aromatic carbocycles. The third kappa shape index (κ3) is 2.21. The second-order valence-corrected chi connectivity index (χ2v) is 5.61. The van der Waals surface area contributed by atoms with Crippen LogP contribution in [0.25, 0.3) is 16.5 Å². The summed E-state index contributed by atoms with van der Waals surface area (Å²) in [5.41, 5.74) is 6.11. The number of Topliss-reactive ketones (excluding diaryl/α,β-unsaturated/α-hetero) is 1. The summed E-state index contributed by atoms with van der Waals surface area (Å²) in [6.07, 6.45) is 0. The second kappa shape index (κ2) is 5.38. The number of carbonyl (C=O) groups excluding carboxylic acids is 1. The van der Waals surface area contributed by atoms with Crippen LogP contribution < -0.4 is 20.8 Å². The standard InChI is InChI=1S/C14H13N3O4S/c1-20-9-3-6-7(4-10(9)21-2)16-13(17-14(6)19)11-8(18)5-22-12(11)15/h3-4H,5,15H2,1-2H3,(H,16,17,19). The van der Waals surface area contributed by atoms with Crippen LogP contribution in [0.1, 0.15) is 5.82 Å². The molecule has 3 rings (SSSR count). The summed E-state index contributed by atoms with van der Waals surface area (Å²) in [5.74, 6) is 1.17. The number of allylic oxidation sites excluding steroid dienone is 1. The Morgan fingerprint density at radius 1 is 1.23 bits per heavy atom. The minimum Gasteiger partial charge on any atom is -0.493 e. The van der Waals surface area contributed by atoms with Crippen LogP contribution in [0, 0.1) is 0 Å². The van der Waals surface area contributed by atoms with E-state index >= 15 is 0 Å². The smallest absolute Gasteiger partial charge is 0.259 e. The van der Waals surface area contributed by atoms with Crippen molar-refractivity contribution in [3.05, 3.63) is 33.3 Å². The minimum atomic E-state index is -0.369. The molecule has 1 aliphatic rings. The van der Waals surface area contributed by atoms with Crippen LogP contribution >= 0.6 is 11.8 Å². The molecule has 7 nitrogen and oxygen atoms in total. The average molecular weight is 319 g/mol. The lowest BCUT2D eigenvalue weighted by molar-refractivity contribution is -0.111. The first kappa shape index (κ1) is 14.5. The van der Waals surface area contributed by atoms with E-state index in [0.717, 1.165) is 0 Å². The van der Waals surface area contributed by atoms with E-state index in [2.05, 4.69) is 9.97 Å². The number of benzene rings is 1. The van der Waals surface area contributed by atoms with Gasteiger partial charge >= 0.3 is 0 Å². The maximum Gasteiger partial charge on any atom is 0.259 e. The number of methoxy groups -OCH3 is 2. The Hall–Kier alpha value is -2.48. The number of ether oxygens (including phenoxy) is 2. The first-order chi connectivity index (χ1) is 10.5. The van der Waals surface area contributed by atoms with E-state index < -0.39 is 0 Å². The fourth-order valence-corrected chi connectivity index (χ4v) is 3.04. The molecular weight excluding hydrogens is 306 g/mol. The molecule has 2 heterocycles. The van der Waals surface area contributed by atoms with Crippen molar-refractivity contribution in [3.63, 3.8) is 0 Å².